The van der Waals surface area contributed by atoms with Crippen molar-refractivity contribution in [2.45, 2.75) is 61.0 Å². The number of carbonyl (C=O) groups is 1. The molecule has 0 radical (unpaired) electrons. The van der Waals surface area contributed by atoms with Gasteiger partial charge in [-0.1, -0.05) is 54.6 Å². The van der Waals surface area contributed by atoms with Crippen molar-refractivity contribution in [1.29, 1.82) is 0 Å². The Kier molecular flexibility index (Phi) is 6.66. The second-order valence-corrected chi connectivity index (χ2v) is 11.7. The van der Waals surface area contributed by atoms with Gasteiger partial charge in [-0.2, -0.15) is 0 Å². The molecule has 4 unspecified atom stereocenters. The van der Waals surface area contributed by atoms with Gasteiger partial charge >= 0.3 is 5.97 Å². The van der Waals surface area contributed by atoms with Crippen molar-refractivity contribution in [3.05, 3.63) is 77.4 Å². The van der Waals surface area contributed by atoms with Gasteiger partial charge in [-0.05, 0) is 60.7 Å². The predicted octanol–water partition coefficient (Wildman–Crippen LogP) is 5.16. The number of nitrogens with one attached hydrogen (secondary N) is 1. The number of rotatable bonds is 10. The number of aliphatic carboxylic acids is 1. The zero-order valence-electron chi connectivity index (χ0n) is 20.4. The van der Waals surface area contributed by atoms with Crippen molar-refractivity contribution >= 4 is 28.5 Å². The second-order valence-electron chi connectivity index (χ2n) is 10.5. The van der Waals surface area contributed by atoms with Crippen LogP contribution in [0.2, 0.25) is 0 Å². The Bertz CT molecular complexity index is 1240. The molecule has 0 aromatic heterocycles. The molecule has 0 amide bonds. The fourth-order valence-electron chi connectivity index (χ4n) is 5.31. The third-order valence-electron chi connectivity index (χ3n) is 7.19. The van der Waals surface area contributed by atoms with Crippen LogP contribution in [0.5, 0.6) is 0 Å². The first-order valence-electron chi connectivity index (χ1n) is 12.3. The van der Waals surface area contributed by atoms with Gasteiger partial charge in [-0.3, -0.25) is 4.79 Å². The summed E-state index contributed by atoms with van der Waals surface area (Å²) in [6.07, 6.45) is 0.00246. The highest BCUT2D eigenvalue weighted by atomic mass is 32.2. The fraction of sp³-hybridized carbons (Fsp3) is 0.414. The molecule has 5 nitrogen and oxygen atoms in total. The second kappa shape index (κ2) is 9.58. The lowest BCUT2D eigenvalue weighted by atomic mass is 9.93. The molecule has 1 aliphatic heterocycles. The molecule has 1 saturated carbocycles. The lowest BCUT2D eigenvalue weighted by molar-refractivity contribution is -0.138. The number of thioether (sulfide) groups is 1. The minimum atomic E-state index is -0.714. The molecule has 2 aliphatic rings. The van der Waals surface area contributed by atoms with E-state index in [-0.39, 0.29) is 35.3 Å². The lowest BCUT2D eigenvalue weighted by Crippen LogP contribution is -2.46. The standard InChI is InChI=1S/C29H33NO4S/c1-17(22-9-6-10-23-24(22)25-26(28(32)33)27(25)35-23)34-16-21(31)15-30-29(2,3)14-18-11-12-19-7-4-5-8-20(19)13-18/h4-13,17,21,25-27,30-31H,14-16H2,1-3H3,(H,32,33)/t17?,21-,25?,26?,27?/m1/s1. The number of aliphatic hydroxyl groups is 1. The first-order valence-corrected chi connectivity index (χ1v) is 13.2. The minimum Gasteiger partial charge on any atom is -0.481 e. The van der Waals surface area contributed by atoms with E-state index in [1.165, 1.54) is 21.2 Å². The summed E-state index contributed by atoms with van der Waals surface area (Å²) in [5.74, 6) is -0.924. The van der Waals surface area contributed by atoms with E-state index in [1.54, 1.807) is 11.8 Å². The largest absolute Gasteiger partial charge is 0.481 e. The molecule has 3 N–H and O–H groups in total. The van der Waals surface area contributed by atoms with E-state index in [1.807, 2.05) is 19.1 Å². The maximum absolute atomic E-state index is 11.5. The summed E-state index contributed by atoms with van der Waals surface area (Å²) in [5.41, 5.74) is 3.25. The molecule has 6 heteroatoms. The Morgan fingerprint density at radius 3 is 2.66 bits per heavy atom. The third-order valence-corrected chi connectivity index (χ3v) is 8.66. The average molecular weight is 492 g/mol. The van der Waals surface area contributed by atoms with Crippen molar-refractivity contribution in [2.75, 3.05) is 13.2 Å². The van der Waals surface area contributed by atoms with E-state index >= 15 is 0 Å². The Balaban J connectivity index is 1.14. The summed E-state index contributed by atoms with van der Waals surface area (Å²) < 4.78 is 6.06. The molecule has 1 fully saturated rings. The fourth-order valence-corrected chi connectivity index (χ4v) is 6.93. The molecule has 1 aliphatic carbocycles. The van der Waals surface area contributed by atoms with Crippen LogP contribution in [0, 0.1) is 5.92 Å². The van der Waals surface area contributed by atoms with Crippen molar-refractivity contribution in [2.24, 2.45) is 5.92 Å². The quantitative estimate of drug-likeness (QED) is 0.364. The average Bonchev–Trinajstić information content (AvgIpc) is 3.42. The summed E-state index contributed by atoms with van der Waals surface area (Å²) in [7, 11) is 0. The van der Waals surface area contributed by atoms with Crippen LogP contribution in [0.3, 0.4) is 0 Å². The van der Waals surface area contributed by atoms with Crippen molar-refractivity contribution < 1.29 is 19.7 Å². The first kappa shape index (κ1) is 24.3. The van der Waals surface area contributed by atoms with E-state index in [0.29, 0.717) is 6.54 Å². The Hall–Kier alpha value is -2.38. The van der Waals surface area contributed by atoms with Crippen LogP contribution in [-0.4, -0.2) is 46.2 Å². The molecule has 5 atom stereocenters. The Labute approximate surface area is 210 Å². The first-order chi connectivity index (χ1) is 16.7. The molecular formula is C29H33NO4S. The van der Waals surface area contributed by atoms with Crippen molar-refractivity contribution in [3.8, 4) is 0 Å². The van der Waals surface area contributed by atoms with E-state index < -0.39 is 12.1 Å². The smallest absolute Gasteiger partial charge is 0.308 e. The van der Waals surface area contributed by atoms with Gasteiger partial charge in [0.2, 0.25) is 0 Å². The number of hydrogen-bond acceptors (Lipinski definition) is 5. The highest BCUT2D eigenvalue weighted by Crippen LogP contribution is 2.66. The number of β-amino-alcohol motifs (C(OH)–C–C–N with tert-alkyl or cyclic N) is 1. The molecule has 184 valence electrons. The molecule has 3 aromatic carbocycles. The normalized spacial score (nSPS) is 22.5. The van der Waals surface area contributed by atoms with Crippen LogP contribution >= 0.6 is 11.8 Å². The molecule has 35 heavy (non-hydrogen) atoms. The SMILES string of the molecule is CC(OC[C@H](O)CNC(C)(C)Cc1ccc2ccccc2c1)c1cccc2c1C1C(S2)C1C(=O)O. The van der Waals surface area contributed by atoms with Gasteiger partial charge < -0.3 is 20.3 Å². The van der Waals surface area contributed by atoms with Gasteiger partial charge in [0, 0.05) is 28.1 Å². The zero-order chi connectivity index (χ0) is 24.7. The maximum atomic E-state index is 11.5. The monoisotopic (exact) mass is 491 g/mol. The van der Waals surface area contributed by atoms with Gasteiger partial charge in [0.25, 0.3) is 0 Å². The topological polar surface area (TPSA) is 78.8 Å². The maximum Gasteiger partial charge on any atom is 0.308 e. The molecule has 5 rings (SSSR count). The highest BCUT2D eigenvalue weighted by molar-refractivity contribution is 8.00. The van der Waals surface area contributed by atoms with Gasteiger partial charge in [0.05, 0.1) is 24.7 Å². The summed E-state index contributed by atoms with van der Waals surface area (Å²) in [5, 5.41) is 26.2. The van der Waals surface area contributed by atoms with E-state index in [0.717, 1.165) is 17.5 Å². The summed E-state index contributed by atoms with van der Waals surface area (Å²) in [6.45, 7) is 6.92. The van der Waals surface area contributed by atoms with Crippen molar-refractivity contribution in [1.82, 2.24) is 5.32 Å². The Morgan fingerprint density at radius 2 is 1.89 bits per heavy atom. The summed E-state index contributed by atoms with van der Waals surface area (Å²) in [6, 6.07) is 21.0. The van der Waals surface area contributed by atoms with Crippen molar-refractivity contribution in [3.63, 3.8) is 0 Å². The summed E-state index contributed by atoms with van der Waals surface area (Å²) >= 11 is 1.67. The number of benzene rings is 3. The van der Waals surface area contributed by atoms with Gasteiger partial charge in [0.15, 0.2) is 0 Å². The van der Waals surface area contributed by atoms with E-state index in [9.17, 15) is 15.0 Å². The van der Waals surface area contributed by atoms with Crippen LogP contribution < -0.4 is 5.32 Å². The number of carboxylic acids is 1. The van der Waals surface area contributed by atoms with E-state index in [4.69, 9.17) is 4.74 Å². The van der Waals surface area contributed by atoms with Crippen LogP contribution in [-0.2, 0) is 16.0 Å². The molecule has 0 bridgehead atoms. The zero-order valence-corrected chi connectivity index (χ0v) is 21.2. The van der Waals surface area contributed by atoms with Crippen LogP contribution in [0.15, 0.2) is 65.6 Å². The van der Waals surface area contributed by atoms with Crippen LogP contribution in [0.25, 0.3) is 10.8 Å². The Morgan fingerprint density at radius 1 is 1.11 bits per heavy atom. The molecule has 3 aromatic rings. The minimum absolute atomic E-state index is 0.0808. The van der Waals surface area contributed by atoms with E-state index in [2.05, 4.69) is 67.7 Å². The molecular weight excluding hydrogens is 458 g/mol. The number of ether oxygens (including phenoxy) is 1. The molecule has 0 spiro atoms. The van der Waals surface area contributed by atoms with Gasteiger partial charge in [-0.15, -0.1) is 11.8 Å². The number of hydrogen-bond donors (Lipinski definition) is 3. The third kappa shape index (κ3) is 5.12. The molecule has 0 saturated heterocycles. The predicted molar refractivity (Wildman–Crippen MR) is 140 cm³/mol. The molecule has 1 heterocycles. The van der Waals surface area contributed by atoms with Gasteiger partial charge in [0.1, 0.15) is 0 Å². The lowest BCUT2D eigenvalue weighted by Gasteiger charge is -2.28. The summed E-state index contributed by atoms with van der Waals surface area (Å²) in [4.78, 5) is 12.7. The van der Waals surface area contributed by atoms with Gasteiger partial charge in [-0.25, -0.2) is 0 Å². The number of fused-ring (bicyclic) bond motifs is 4. The van der Waals surface area contributed by atoms with Crippen LogP contribution in [0.4, 0.5) is 0 Å². The number of aliphatic hydroxyl groups excluding tert-OH is 1. The number of carboxylic acid groups (broad SMARTS) is 1. The van der Waals surface area contributed by atoms with Crippen LogP contribution in [0.1, 0.15) is 49.5 Å². The highest BCUT2D eigenvalue weighted by Gasteiger charge is 2.61.